The van der Waals surface area contributed by atoms with Crippen molar-refractivity contribution in [3.8, 4) is 0 Å². The molecule has 0 bridgehead atoms. The fourth-order valence-corrected chi connectivity index (χ4v) is 2.43. The van der Waals surface area contributed by atoms with Gasteiger partial charge in [0, 0.05) is 13.0 Å². The molecule has 1 atom stereocenters. The van der Waals surface area contributed by atoms with Crippen LogP contribution in [0.2, 0.25) is 0 Å². The Morgan fingerprint density at radius 2 is 2.32 bits per heavy atom. The summed E-state index contributed by atoms with van der Waals surface area (Å²) in [6, 6.07) is 1.48. The number of likely N-dealkylation sites (tertiary alicyclic amines) is 1. The molecule has 0 radical (unpaired) electrons. The van der Waals surface area contributed by atoms with Gasteiger partial charge in [-0.2, -0.15) is 0 Å². The highest BCUT2D eigenvalue weighted by Crippen LogP contribution is 2.22. The quantitative estimate of drug-likeness (QED) is 0.908. The third kappa shape index (κ3) is 3.36. The number of nitrogens with zero attached hydrogens (tertiary/aromatic N) is 1. The Bertz CT molecular complexity index is 466. The lowest BCUT2D eigenvalue weighted by molar-refractivity contribution is -0.131. The van der Waals surface area contributed by atoms with E-state index in [9.17, 15) is 9.59 Å². The van der Waals surface area contributed by atoms with Gasteiger partial charge in [0.1, 0.15) is 12.0 Å². The van der Waals surface area contributed by atoms with Crippen molar-refractivity contribution in [1.29, 1.82) is 0 Å². The lowest BCUT2D eigenvalue weighted by atomic mass is 9.98. The van der Waals surface area contributed by atoms with Gasteiger partial charge in [-0.15, -0.1) is 0 Å². The molecule has 0 aromatic carbocycles. The Hall–Kier alpha value is -1.78. The zero-order valence-electron chi connectivity index (χ0n) is 11.1. The molecule has 5 heteroatoms. The first-order chi connectivity index (χ1) is 9.10. The monoisotopic (exact) mass is 265 g/mol. The van der Waals surface area contributed by atoms with Crippen molar-refractivity contribution in [2.75, 3.05) is 6.54 Å². The number of carboxylic acid groups (broad SMARTS) is 1. The van der Waals surface area contributed by atoms with E-state index in [1.165, 1.54) is 12.3 Å². The highest BCUT2D eigenvalue weighted by atomic mass is 16.4. The van der Waals surface area contributed by atoms with Crippen LogP contribution in [0.5, 0.6) is 0 Å². The molecule has 0 spiro atoms. The Morgan fingerprint density at radius 3 is 2.95 bits per heavy atom. The highest BCUT2D eigenvalue weighted by molar-refractivity contribution is 5.87. The highest BCUT2D eigenvalue weighted by Gasteiger charge is 2.22. The minimum atomic E-state index is -1.01. The molecule has 5 nitrogen and oxygen atoms in total. The molecule has 1 aromatic heterocycles. The van der Waals surface area contributed by atoms with Crippen molar-refractivity contribution in [3.05, 3.63) is 23.7 Å². The molecular formula is C14H19NO4. The van der Waals surface area contributed by atoms with E-state index in [0.29, 0.717) is 24.6 Å². The van der Waals surface area contributed by atoms with Crippen LogP contribution in [-0.2, 0) is 11.3 Å². The smallest absolute Gasteiger partial charge is 0.338 e. The second-order valence-electron chi connectivity index (χ2n) is 5.02. The van der Waals surface area contributed by atoms with Gasteiger partial charge in [0.25, 0.3) is 0 Å². The average Bonchev–Trinajstić information content (AvgIpc) is 2.78. The van der Waals surface area contributed by atoms with Gasteiger partial charge < -0.3 is 14.4 Å². The van der Waals surface area contributed by atoms with Crippen molar-refractivity contribution < 1.29 is 19.1 Å². The van der Waals surface area contributed by atoms with Crippen LogP contribution in [0.1, 0.15) is 48.7 Å². The number of furan rings is 1. The van der Waals surface area contributed by atoms with Crippen LogP contribution >= 0.6 is 0 Å². The molecule has 19 heavy (non-hydrogen) atoms. The summed E-state index contributed by atoms with van der Waals surface area (Å²) < 4.78 is 5.20. The van der Waals surface area contributed by atoms with Crippen molar-refractivity contribution in [2.45, 2.75) is 39.2 Å². The van der Waals surface area contributed by atoms with E-state index in [1.54, 1.807) is 4.90 Å². The van der Waals surface area contributed by atoms with E-state index in [4.69, 9.17) is 9.52 Å². The second-order valence-corrected chi connectivity index (χ2v) is 5.02. The maximum Gasteiger partial charge on any atom is 0.338 e. The van der Waals surface area contributed by atoms with Crippen LogP contribution in [0.3, 0.4) is 0 Å². The minimum Gasteiger partial charge on any atom is -0.478 e. The summed E-state index contributed by atoms with van der Waals surface area (Å²) in [5, 5.41) is 8.83. The van der Waals surface area contributed by atoms with Crippen LogP contribution in [-0.4, -0.2) is 28.4 Å². The van der Waals surface area contributed by atoms with Gasteiger partial charge in [-0.3, -0.25) is 4.79 Å². The maximum absolute atomic E-state index is 12.0. The van der Waals surface area contributed by atoms with Gasteiger partial charge in [-0.25, -0.2) is 4.79 Å². The zero-order valence-corrected chi connectivity index (χ0v) is 11.1. The summed E-state index contributed by atoms with van der Waals surface area (Å²) in [5.74, 6) is 0.258. The van der Waals surface area contributed by atoms with E-state index in [0.717, 1.165) is 25.8 Å². The van der Waals surface area contributed by atoms with Gasteiger partial charge >= 0.3 is 5.97 Å². The minimum absolute atomic E-state index is 0.128. The molecule has 1 amide bonds. The Balaban J connectivity index is 2.00. The number of carbonyl (C=O) groups excluding carboxylic acids is 1. The molecule has 1 unspecified atom stereocenters. The normalized spacial score (nSPS) is 20.4. The SMILES string of the molecule is CCC1CCC(=O)N(Cc2cc(C(=O)O)co2)CC1. The lowest BCUT2D eigenvalue weighted by Gasteiger charge is -2.19. The van der Waals surface area contributed by atoms with E-state index < -0.39 is 5.97 Å². The van der Waals surface area contributed by atoms with Gasteiger partial charge in [-0.05, 0) is 24.8 Å². The summed E-state index contributed by atoms with van der Waals surface area (Å²) >= 11 is 0. The summed E-state index contributed by atoms with van der Waals surface area (Å²) in [6.07, 6.45) is 4.85. The Labute approximate surface area is 112 Å². The third-order valence-electron chi connectivity index (χ3n) is 3.75. The first kappa shape index (κ1) is 13.6. The van der Waals surface area contributed by atoms with Gasteiger partial charge in [0.15, 0.2) is 0 Å². The molecule has 1 N–H and O–H groups in total. The molecule has 1 aromatic rings. The van der Waals surface area contributed by atoms with Crippen LogP contribution in [0.15, 0.2) is 16.7 Å². The predicted molar refractivity (Wildman–Crippen MR) is 68.7 cm³/mol. The number of carbonyl (C=O) groups is 2. The lowest BCUT2D eigenvalue weighted by Crippen LogP contribution is -2.29. The number of rotatable bonds is 4. The Kier molecular flexibility index (Phi) is 4.24. The summed E-state index contributed by atoms with van der Waals surface area (Å²) in [4.78, 5) is 24.5. The second kappa shape index (κ2) is 5.91. The van der Waals surface area contributed by atoms with Gasteiger partial charge in [-0.1, -0.05) is 13.3 Å². The van der Waals surface area contributed by atoms with Crippen molar-refractivity contribution in [2.24, 2.45) is 5.92 Å². The molecule has 2 rings (SSSR count). The van der Waals surface area contributed by atoms with Crippen LogP contribution in [0.4, 0.5) is 0 Å². The molecule has 1 aliphatic rings. The number of hydrogen-bond acceptors (Lipinski definition) is 3. The van der Waals surface area contributed by atoms with Crippen LogP contribution in [0.25, 0.3) is 0 Å². The summed E-state index contributed by atoms with van der Waals surface area (Å²) in [6.45, 7) is 3.24. The standard InChI is InChI=1S/C14H19NO4/c1-2-10-3-4-13(16)15(6-5-10)8-12-7-11(9-19-12)14(17)18/h7,9-10H,2-6,8H2,1H3,(H,17,18). The maximum atomic E-state index is 12.0. The summed E-state index contributed by atoms with van der Waals surface area (Å²) in [5.41, 5.74) is 0.128. The fourth-order valence-electron chi connectivity index (χ4n) is 2.43. The molecule has 1 saturated heterocycles. The topological polar surface area (TPSA) is 70.8 Å². The van der Waals surface area contributed by atoms with Crippen LogP contribution in [0, 0.1) is 5.92 Å². The molecule has 1 fully saturated rings. The Morgan fingerprint density at radius 1 is 1.53 bits per heavy atom. The third-order valence-corrected chi connectivity index (χ3v) is 3.75. The number of carboxylic acids is 1. The number of amides is 1. The number of aromatic carboxylic acids is 1. The van der Waals surface area contributed by atoms with Gasteiger partial charge in [0.05, 0.1) is 12.1 Å². The largest absolute Gasteiger partial charge is 0.478 e. The first-order valence-corrected chi connectivity index (χ1v) is 6.68. The van der Waals surface area contributed by atoms with Gasteiger partial charge in [0.2, 0.25) is 5.91 Å². The number of hydrogen-bond donors (Lipinski definition) is 1. The molecule has 1 aliphatic heterocycles. The van der Waals surface area contributed by atoms with Crippen molar-refractivity contribution >= 4 is 11.9 Å². The van der Waals surface area contributed by atoms with E-state index >= 15 is 0 Å². The van der Waals surface area contributed by atoms with Crippen molar-refractivity contribution in [1.82, 2.24) is 4.90 Å². The molecule has 2 heterocycles. The molecule has 104 valence electrons. The van der Waals surface area contributed by atoms with Crippen LogP contribution < -0.4 is 0 Å². The summed E-state index contributed by atoms with van der Waals surface area (Å²) in [7, 11) is 0. The molecular weight excluding hydrogens is 246 g/mol. The van der Waals surface area contributed by atoms with E-state index in [-0.39, 0.29) is 11.5 Å². The van der Waals surface area contributed by atoms with Crippen molar-refractivity contribution in [3.63, 3.8) is 0 Å². The van der Waals surface area contributed by atoms with E-state index in [1.807, 2.05) is 0 Å². The van der Waals surface area contributed by atoms with E-state index in [2.05, 4.69) is 6.92 Å². The predicted octanol–water partition coefficient (Wildman–Crippen LogP) is 2.52. The molecule has 0 aliphatic carbocycles. The first-order valence-electron chi connectivity index (χ1n) is 6.68. The zero-order chi connectivity index (χ0) is 13.8. The average molecular weight is 265 g/mol. The fraction of sp³-hybridized carbons (Fsp3) is 0.571. The molecule has 0 saturated carbocycles.